The zero-order chi connectivity index (χ0) is 14.0. The highest BCUT2D eigenvalue weighted by molar-refractivity contribution is 9.10. The zero-order valence-electron chi connectivity index (χ0n) is 10.0. The summed E-state index contributed by atoms with van der Waals surface area (Å²) in [6.07, 6.45) is 0.768. The van der Waals surface area contributed by atoms with Gasteiger partial charge >= 0.3 is 0 Å². The van der Waals surface area contributed by atoms with Gasteiger partial charge < -0.3 is 5.32 Å². The molecule has 104 valence electrons. The summed E-state index contributed by atoms with van der Waals surface area (Å²) in [7, 11) is -2.94. The molecule has 0 radical (unpaired) electrons. The van der Waals surface area contributed by atoms with E-state index in [1.807, 2.05) is 0 Å². The molecule has 0 aromatic heterocycles. The van der Waals surface area contributed by atoms with Crippen LogP contribution in [-0.4, -0.2) is 25.8 Å². The molecule has 1 unspecified atom stereocenters. The van der Waals surface area contributed by atoms with Crippen LogP contribution in [0, 0.1) is 5.92 Å². The normalized spacial score (nSPS) is 21.3. The van der Waals surface area contributed by atoms with Crippen LogP contribution in [0.4, 0.5) is 5.69 Å². The van der Waals surface area contributed by atoms with Crippen molar-refractivity contribution in [1.29, 1.82) is 0 Å². The Morgan fingerprint density at radius 3 is 2.84 bits per heavy atom. The van der Waals surface area contributed by atoms with E-state index in [-0.39, 0.29) is 29.8 Å². The van der Waals surface area contributed by atoms with Crippen molar-refractivity contribution in [3.8, 4) is 0 Å². The quantitative estimate of drug-likeness (QED) is 0.894. The zero-order valence-corrected chi connectivity index (χ0v) is 13.2. The van der Waals surface area contributed by atoms with Gasteiger partial charge in [0.05, 0.1) is 22.2 Å². The average molecular weight is 367 g/mol. The molecule has 4 nitrogen and oxygen atoms in total. The van der Waals surface area contributed by atoms with Gasteiger partial charge in [-0.25, -0.2) is 8.42 Å². The Morgan fingerprint density at radius 1 is 1.47 bits per heavy atom. The summed E-state index contributed by atoms with van der Waals surface area (Å²) in [6, 6.07) is 5.18. The lowest BCUT2D eigenvalue weighted by molar-refractivity contribution is -0.116. The maximum atomic E-state index is 11.9. The summed E-state index contributed by atoms with van der Waals surface area (Å²) < 4.78 is 23.5. The number of hydrogen-bond acceptors (Lipinski definition) is 3. The molecule has 1 amide bonds. The SMILES string of the molecule is O=C(CC1CCS(=O)(=O)C1)Nc1cc(Br)ccc1Cl. The van der Waals surface area contributed by atoms with Crippen molar-refractivity contribution in [1.82, 2.24) is 0 Å². The molecule has 1 aromatic carbocycles. The molecule has 7 heteroatoms. The van der Waals surface area contributed by atoms with Crippen LogP contribution in [0.15, 0.2) is 22.7 Å². The first-order valence-corrected chi connectivity index (χ1v) is 8.80. The molecule has 19 heavy (non-hydrogen) atoms. The van der Waals surface area contributed by atoms with E-state index in [0.29, 0.717) is 17.1 Å². The molecular formula is C12H13BrClNO3S. The number of benzene rings is 1. The molecule has 1 aromatic rings. The molecule has 1 aliphatic heterocycles. The molecule has 0 bridgehead atoms. The van der Waals surface area contributed by atoms with E-state index in [9.17, 15) is 13.2 Å². The van der Waals surface area contributed by atoms with Gasteiger partial charge in [0.25, 0.3) is 0 Å². The summed E-state index contributed by atoms with van der Waals surface area (Å²) in [5.41, 5.74) is 0.530. The van der Waals surface area contributed by atoms with Gasteiger partial charge in [-0.2, -0.15) is 0 Å². The molecule has 1 atom stereocenters. The van der Waals surface area contributed by atoms with Crippen molar-refractivity contribution in [2.24, 2.45) is 5.92 Å². The minimum Gasteiger partial charge on any atom is -0.325 e. The highest BCUT2D eigenvalue weighted by atomic mass is 79.9. The summed E-state index contributed by atoms with van der Waals surface area (Å²) in [5.74, 6) is -0.00656. The summed E-state index contributed by atoms with van der Waals surface area (Å²) in [6.45, 7) is 0. The molecule has 1 aliphatic rings. The standard InChI is InChI=1S/C12H13BrClNO3S/c13-9-1-2-10(14)11(6-9)15-12(16)5-8-3-4-19(17,18)7-8/h1-2,6,8H,3-5,7H2,(H,15,16). The lowest BCUT2D eigenvalue weighted by atomic mass is 10.1. The molecule has 0 saturated carbocycles. The molecule has 2 rings (SSSR count). The number of nitrogens with one attached hydrogen (secondary N) is 1. The Hall–Kier alpha value is -0.590. The Balaban J connectivity index is 1.97. The van der Waals surface area contributed by atoms with Crippen LogP contribution in [0.25, 0.3) is 0 Å². The van der Waals surface area contributed by atoms with Crippen LogP contribution in [0.1, 0.15) is 12.8 Å². The van der Waals surface area contributed by atoms with Crippen LogP contribution in [-0.2, 0) is 14.6 Å². The van der Waals surface area contributed by atoms with Crippen molar-refractivity contribution in [2.75, 3.05) is 16.8 Å². The second kappa shape index (κ2) is 5.81. The molecule has 1 saturated heterocycles. The predicted molar refractivity (Wildman–Crippen MR) is 79.2 cm³/mol. The maximum Gasteiger partial charge on any atom is 0.224 e. The van der Waals surface area contributed by atoms with E-state index >= 15 is 0 Å². The molecule has 1 N–H and O–H groups in total. The van der Waals surface area contributed by atoms with E-state index in [1.54, 1.807) is 18.2 Å². The molecule has 0 spiro atoms. The van der Waals surface area contributed by atoms with Crippen LogP contribution in [0.2, 0.25) is 5.02 Å². The lowest BCUT2D eigenvalue weighted by Gasteiger charge is -2.10. The van der Waals surface area contributed by atoms with Crippen LogP contribution in [0.3, 0.4) is 0 Å². The maximum absolute atomic E-state index is 11.9. The second-order valence-electron chi connectivity index (χ2n) is 4.65. The molecule has 1 heterocycles. The highest BCUT2D eigenvalue weighted by Gasteiger charge is 2.29. The summed E-state index contributed by atoms with van der Waals surface area (Å²) in [4.78, 5) is 11.9. The minimum absolute atomic E-state index is 0.0871. The van der Waals surface area contributed by atoms with E-state index in [0.717, 1.165) is 4.47 Å². The fraction of sp³-hybridized carbons (Fsp3) is 0.417. The minimum atomic E-state index is -2.94. The monoisotopic (exact) mass is 365 g/mol. The fourth-order valence-corrected chi connectivity index (χ4v) is 4.48. The van der Waals surface area contributed by atoms with Gasteiger partial charge in [-0.1, -0.05) is 27.5 Å². The predicted octanol–water partition coefficient (Wildman–Crippen LogP) is 2.87. The van der Waals surface area contributed by atoms with Crippen LogP contribution >= 0.6 is 27.5 Å². The van der Waals surface area contributed by atoms with Crippen molar-refractivity contribution in [2.45, 2.75) is 12.8 Å². The van der Waals surface area contributed by atoms with E-state index in [1.165, 1.54) is 0 Å². The smallest absolute Gasteiger partial charge is 0.224 e. The van der Waals surface area contributed by atoms with Gasteiger partial charge in [0.1, 0.15) is 0 Å². The van der Waals surface area contributed by atoms with Gasteiger partial charge in [-0.3, -0.25) is 4.79 Å². The Kier molecular flexibility index (Phi) is 4.53. The third-order valence-corrected chi connectivity index (χ3v) is 5.66. The van der Waals surface area contributed by atoms with Crippen LogP contribution in [0.5, 0.6) is 0 Å². The van der Waals surface area contributed by atoms with Crippen molar-refractivity contribution >= 4 is 49.0 Å². The van der Waals surface area contributed by atoms with Gasteiger partial charge in [0, 0.05) is 10.9 Å². The van der Waals surface area contributed by atoms with E-state index < -0.39 is 9.84 Å². The first kappa shape index (κ1) is 14.8. The summed E-state index contributed by atoms with van der Waals surface area (Å²) >= 11 is 9.27. The van der Waals surface area contributed by atoms with Crippen molar-refractivity contribution in [3.05, 3.63) is 27.7 Å². The second-order valence-corrected chi connectivity index (χ2v) is 8.20. The first-order valence-electron chi connectivity index (χ1n) is 5.81. The van der Waals surface area contributed by atoms with E-state index in [2.05, 4.69) is 21.2 Å². The molecular weight excluding hydrogens is 354 g/mol. The topological polar surface area (TPSA) is 63.2 Å². The van der Waals surface area contributed by atoms with Gasteiger partial charge in [-0.15, -0.1) is 0 Å². The molecule has 1 fully saturated rings. The Bertz CT molecular complexity index is 603. The number of carbonyl (C=O) groups is 1. The third kappa shape index (κ3) is 4.19. The van der Waals surface area contributed by atoms with Crippen molar-refractivity contribution < 1.29 is 13.2 Å². The number of halogens is 2. The number of rotatable bonds is 3. The summed E-state index contributed by atoms with van der Waals surface area (Å²) in [5, 5.41) is 3.16. The Morgan fingerprint density at radius 2 is 2.21 bits per heavy atom. The highest BCUT2D eigenvalue weighted by Crippen LogP contribution is 2.27. The number of sulfone groups is 1. The van der Waals surface area contributed by atoms with E-state index in [4.69, 9.17) is 11.6 Å². The number of amides is 1. The van der Waals surface area contributed by atoms with Crippen molar-refractivity contribution in [3.63, 3.8) is 0 Å². The van der Waals surface area contributed by atoms with Gasteiger partial charge in [-0.05, 0) is 30.5 Å². The Labute approximate surface area is 125 Å². The van der Waals surface area contributed by atoms with Gasteiger partial charge in [0.15, 0.2) is 9.84 Å². The lowest BCUT2D eigenvalue weighted by Crippen LogP contribution is -2.17. The largest absolute Gasteiger partial charge is 0.325 e. The third-order valence-electron chi connectivity index (χ3n) is 3.00. The average Bonchev–Trinajstić information content (AvgIpc) is 2.63. The van der Waals surface area contributed by atoms with Gasteiger partial charge in [0.2, 0.25) is 5.91 Å². The number of anilines is 1. The fourth-order valence-electron chi connectivity index (χ4n) is 2.09. The number of hydrogen-bond donors (Lipinski definition) is 1. The van der Waals surface area contributed by atoms with Crippen LogP contribution < -0.4 is 5.32 Å². The first-order chi connectivity index (χ1) is 8.85. The molecule has 0 aliphatic carbocycles. The number of carbonyl (C=O) groups excluding carboxylic acids is 1.